The van der Waals surface area contributed by atoms with E-state index in [1.807, 2.05) is 29.9 Å². The van der Waals surface area contributed by atoms with Gasteiger partial charge in [-0.25, -0.2) is 0 Å². The number of amides is 1. The Morgan fingerprint density at radius 2 is 2.38 bits per heavy atom. The number of fused-ring (bicyclic) bond motifs is 1. The second kappa shape index (κ2) is 8.39. The SMILES string of the molecule is C=CCNC(=O)[C@@H](C)Sc1nnc(-c2cc3c(s2)CC[C@H](CC)C3)n1C. The molecule has 2 atom stereocenters. The van der Waals surface area contributed by atoms with Crippen molar-refractivity contribution in [3.8, 4) is 10.7 Å². The highest BCUT2D eigenvalue weighted by atomic mass is 32.2. The Hall–Kier alpha value is -1.60. The molecule has 0 radical (unpaired) electrons. The van der Waals surface area contributed by atoms with Gasteiger partial charge in [0.05, 0.1) is 10.1 Å². The molecular weight excluding hydrogens is 364 g/mol. The van der Waals surface area contributed by atoms with Crippen molar-refractivity contribution in [2.45, 2.75) is 49.9 Å². The van der Waals surface area contributed by atoms with E-state index in [2.05, 4.69) is 35.1 Å². The van der Waals surface area contributed by atoms with Crippen LogP contribution >= 0.6 is 23.1 Å². The van der Waals surface area contributed by atoms with Gasteiger partial charge in [0.1, 0.15) is 0 Å². The van der Waals surface area contributed by atoms with Gasteiger partial charge in [0.2, 0.25) is 5.91 Å². The Morgan fingerprint density at radius 1 is 1.58 bits per heavy atom. The van der Waals surface area contributed by atoms with E-state index in [0.29, 0.717) is 6.54 Å². The monoisotopic (exact) mass is 390 g/mol. The van der Waals surface area contributed by atoms with Gasteiger partial charge >= 0.3 is 0 Å². The molecule has 5 nitrogen and oxygen atoms in total. The van der Waals surface area contributed by atoms with Crippen LogP contribution in [-0.4, -0.2) is 32.5 Å². The van der Waals surface area contributed by atoms with Crippen LogP contribution < -0.4 is 5.32 Å². The second-order valence-electron chi connectivity index (χ2n) is 6.74. The minimum absolute atomic E-state index is 0.0170. The molecule has 2 aromatic heterocycles. The number of aryl methyl sites for hydroxylation is 1. The first-order valence-corrected chi connectivity index (χ1v) is 10.8. The number of carbonyl (C=O) groups excluding carboxylic acids is 1. The Morgan fingerprint density at radius 3 is 3.12 bits per heavy atom. The Labute approximate surface area is 163 Å². The summed E-state index contributed by atoms with van der Waals surface area (Å²) in [5, 5.41) is 12.1. The highest BCUT2D eigenvalue weighted by molar-refractivity contribution is 8.00. The van der Waals surface area contributed by atoms with Crippen molar-refractivity contribution in [2.24, 2.45) is 13.0 Å². The molecule has 0 saturated heterocycles. The minimum atomic E-state index is -0.229. The first-order chi connectivity index (χ1) is 12.5. The lowest BCUT2D eigenvalue weighted by Gasteiger charge is -2.19. The number of nitrogens with zero attached hydrogens (tertiary/aromatic N) is 3. The van der Waals surface area contributed by atoms with Crippen molar-refractivity contribution in [3.05, 3.63) is 29.2 Å². The summed E-state index contributed by atoms with van der Waals surface area (Å²) in [5.74, 6) is 1.68. The third kappa shape index (κ3) is 4.04. The van der Waals surface area contributed by atoms with Crippen LogP contribution in [-0.2, 0) is 24.7 Å². The molecule has 0 bridgehead atoms. The van der Waals surface area contributed by atoms with Gasteiger partial charge in [-0.05, 0) is 43.7 Å². The zero-order chi connectivity index (χ0) is 18.7. The van der Waals surface area contributed by atoms with Gasteiger partial charge in [0.15, 0.2) is 11.0 Å². The third-order valence-corrected chi connectivity index (χ3v) is 7.26. The lowest BCUT2D eigenvalue weighted by molar-refractivity contribution is -0.120. The fourth-order valence-corrected chi connectivity index (χ4v) is 5.29. The van der Waals surface area contributed by atoms with Gasteiger partial charge in [-0.3, -0.25) is 4.79 Å². The predicted molar refractivity (Wildman–Crippen MR) is 109 cm³/mol. The van der Waals surface area contributed by atoms with Crippen LogP contribution in [0.5, 0.6) is 0 Å². The largest absolute Gasteiger partial charge is 0.352 e. The lowest BCUT2D eigenvalue weighted by Crippen LogP contribution is -2.31. The van der Waals surface area contributed by atoms with Gasteiger partial charge in [0, 0.05) is 18.5 Å². The molecule has 0 aromatic carbocycles. The smallest absolute Gasteiger partial charge is 0.233 e. The van der Waals surface area contributed by atoms with E-state index in [4.69, 9.17) is 0 Å². The molecule has 1 N–H and O–H groups in total. The Balaban J connectivity index is 1.74. The molecule has 2 heterocycles. The van der Waals surface area contributed by atoms with Crippen molar-refractivity contribution in [1.29, 1.82) is 0 Å². The maximum atomic E-state index is 12.1. The quantitative estimate of drug-likeness (QED) is 0.576. The summed E-state index contributed by atoms with van der Waals surface area (Å²) in [4.78, 5) is 14.7. The number of hydrogen-bond acceptors (Lipinski definition) is 5. The van der Waals surface area contributed by atoms with Crippen molar-refractivity contribution < 1.29 is 4.79 Å². The zero-order valence-electron chi connectivity index (χ0n) is 15.6. The molecule has 140 valence electrons. The highest BCUT2D eigenvalue weighted by Gasteiger charge is 2.23. The van der Waals surface area contributed by atoms with Crippen molar-refractivity contribution in [1.82, 2.24) is 20.1 Å². The van der Waals surface area contributed by atoms with E-state index < -0.39 is 0 Å². The van der Waals surface area contributed by atoms with E-state index in [0.717, 1.165) is 16.9 Å². The lowest BCUT2D eigenvalue weighted by atomic mass is 9.87. The molecule has 0 spiro atoms. The molecule has 7 heteroatoms. The number of rotatable bonds is 7. The molecule has 1 amide bonds. The highest BCUT2D eigenvalue weighted by Crippen LogP contribution is 2.38. The summed E-state index contributed by atoms with van der Waals surface area (Å²) in [5.41, 5.74) is 1.48. The number of aromatic nitrogens is 3. The van der Waals surface area contributed by atoms with Crippen LogP contribution in [0, 0.1) is 5.92 Å². The van der Waals surface area contributed by atoms with Gasteiger partial charge in [-0.2, -0.15) is 0 Å². The van der Waals surface area contributed by atoms with Crippen LogP contribution in [0.4, 0.5) is 0 Å². The first-order valence-electron chi connectivity index (χ1n) is 9.10. The summed E-state index contributed by atoms with van der Waals surface area (Å²) >= 11 is 3.27. The molecule has 1 aliphatic rings. The molecule has 3 rings (SSSR count). The van der Waals surface area contributed by atoms with Gasteiger partial charge in [-0.15, -0.1) is 28.1 Å². The van der Waals surface area contributed by atoms with E-state index in [-0.39, 0.29) is 11.2 Å². The molecule has 0 aliphatic heterocycles. The van der Waals surface area contributed by atoms with Gasteiger partial charge < -0.3 is 9.88 Å². The van der Waals surface area contributed by atoms with Crippen molar-refractivity contribution in [3.63, 3.8) is 0 Å². The zero-order valence-corrected chi connectivity index (χ0v) is 17.3. The van der Waals surface area contributed by atoms with Crippen LogP contribution in [0.25, 0.3) is 10.7 Å². The summed E-state index contributed by atoms with van der Waals surface area (Å²) in [6, 6.07) is 2.29. The maximum absolute atomic E-state index is 12.1. The van der Waals surface area contributed by atoms with E-state index in [1.54, 1.807) is 6.08 Å². The summed E-state index contributed by atoms with van der Waals surface area (Å²) in [6.45, 7) is 8.26. The number of hydrogen-bond donors (Lipinski definition) is 1. The molecule has 0 fully saturated rings. The number of thioether (sulfide) groups is 1. The van der Waals surface area contributed by atoms with E-state index in [9.17, 15) is 4.79 Å². The summed E-state index contributed by atoms with van der Waals surface area (Å²) < 4.78 is 2.00. The second-order valence-corrected chi connectivity index (χ2v) is 9.18. The topological polar surface area (TPSA) is 59.8 Å². The minimum Gasteiger partial charge on any atom is -0.352 e. The van der Waals surface area contributed by atoms with E-state index in [1.165, 1.54) is 52.8 Å². The van der Waals surface area contributed by atoms with Crippen LogP contribution in [0.1, 0.15) is 37.1 Å². The molecule has 0 saturated carbocycles. The average molecular weight is 391 g/mol. The average Bonchev–Trinajstić information content (AvgIpc) is 3.22. The Kier molecular flexibility index (Phi) is 6.19. The van der Waals surface area contributed by atoms with Crippen LogP contribution in [0.3, 0.4) is 0 Å². The van der Waals surface area contributed by atoms with Crippen LogP contribution in [0.15, 0.2) is 23.9 Å². The normalized spacial score (nSPS) is 17.6. The molecule has 2 aromatic rings. The molecular formula is C19H26N4OS2. The van der Waals surface area contributed by atoms with E-state index >= 15 is 0 Å². The summed E-state index contributed by atoms with van der Waals surface area (Å²) in [6.07, 6.45) is 6.58. The fraction of sp³-hybridized carbons (Fsp3) is 0.526. The number of carbonyl (C=O) groups is 1. The standard InChI is InChI=1S/C19H26N4OS2/c1-5-9-20-18(24)12(3)25-19-22-21-17(23(19)4)16-11-14-10-13(6-2)7-8-15(14)26-16/h5,11-13H,1,6-10H2,2-4H3,(H,20,24)/t12-,13+/m1/s1. The van der Waals surface area contributed by atoms with Gasteiger partial charge in [0.25, 0.3) is 0 Å². The molecule has 26 heavy (non-hydrogen) atoms. The van der Waals surface area contributed by atoms with Crippen LogP contribution in [0.2, 0.25) is 0 Å². The Bertz CT molecular complexity index is 796. The fourth-order valence-electron chi connectivity index (χ4n) is 3.22. The maximum Gasteiger partial charge on any atom is 0.233 e. The molecule has 1 aliphatic carbocycles. The number of nitrogens with one attached hydrogen (secondary N) is 1. The number of thiophene rings is 1. The van der Waals surface area contributed by atoms with Crippen molar-refractivity contribution in [2.75, 3.05) is 6.54 Å². The predicted octanol–water partition coefficient (Wildman–Crippen LogP) is 3.84. The molecule has 0 unspecified atom stereocenters. The third-order valence-electron chi connectivity index (χ3n) is 4.89. The van der Waals surface area contributed by atoms with Gasteiger partial charge in [-0.1, -0.05) is 31.2 Å². The first kappa shape index (κ1) is 19.2. The van der Waals surface area contributed by atoms with Crippen molar-refractivity contribution >= 4 is 29.0 Å². The summed E-state index contributed by atoms with van der Waals surface area (Å²) in [7, 11) is 1.97.